The molecule has 1 aliphatic rings. The maximum absolute atomic E-state index is 12.2. The van der Waals surface area contributed by atoms with E-state index in [4.69, 9.17) is 5.11 Å². The van der Waals surface area contributed by atoms with Crippen LogP contribution < -0.4 is 0 Å². The zero-order valence-electron chi connectivity index (χ0n) is 11.4. The molecule has 3 N–H and O–H groups in total. The van der Waals surface area contributed by atoms with Crippen LogP contribution in [0.15, 0.2) is 0 Å². The number of amides is 1. The van der Waals surface area contributed by atoms with Crippen LogP contribution in [-0.4, -0.2) is 58.0 Å². The Kier molecular flexibility index (Phi) is 5.56. The van der Waals surface area contributed by atoms with E-state index in [1.54, 1.807) is 4.90 Å². The molecule has 0 aromatic carbocycles. The molecule has 4 atom stereocenters. The van der Waals surface area contributed by atoms with Crippen molar-refractivity contribution in [2.24, 2.45) is 17.8 Å². The molecule has 0 radical (unpaired) electrons. The summed E-state index contributed by atoms with van der Waals surface area (Å²) in [4.78, 5) is 13.8. The minimum Gasteiger partial charge on any atom is -0.396 e. The summed E-state index contributed by atoms with van der Waals surface area (Å²) in [7, 11) is 0. The second kappa shape index (κ2) is 6.50. The fourth-order valence-corrected chi connectivity index (χ4v) is 2.58. The maximum Gasteiger partial charge on any atom is 0.225 e. The Morgan fingerprint density at radius 3 is 2.39 bits per heavy atom. The van der Waals surface area contributed by atoms with Crippen LogP contribution in [0.3, 0.4) is 0 Å². The lowest BCUT2D eigenvalue weighted by molar-refractivity contribution is -0.147. The number of aliphatic hydroxyl groups excluding tert-OH is 3. The summed E-state index contributed by atoms with van der Waals surface area (Å²) in [5.41, 5.74) is 0. The SMILES string of the molecule is CC(C)C[C@H](C)C(=O)N1C[C@H](CO)[C@@H](O)[C@H](O)C1. The van der Waals surface area contributed by atoms with Gasteiger partial charge in [-0.05, 0) is 12.3 Å². The van der Waals surface area contributed by atoms with E-state index in [2.05, 4.69) is 13.8 Å². The predicted octanol–water partition coefficient (Wildman–Crippen LogP) is -0.159. The number of piperidine rings is 1. The first-order valence-electron chi connectivity index (χ1n) is 6.62. The molecule has 5 nitrogen and oxygen atoms in total. The molecule has 0 spiro atoms. The third-order valence-electron chi connectivity index (χ3n) is 3.53. The third kappa shape index (κ3) is 3.67. The molecule has 1 saturated heterocycles. The lowest BCUT2D eigenvalue weighted by atomic mass is 9.91. The summed E-state index contributed by atoms with van der Waals surface area (Å²) in [6, 6.07) is 0. The molecule has 0 aromatic rings. The normalized spacial score (nSPS) is 30.6. The molecular formula is C13H25NO4. The van der Waals surface area contributed by atoms with E-state index in [0.29, 0.717) is 12.5 Å². The van der Waals surface area contributed by atoms with Crippen molar-refractivity contribution in [1.82, 2.24) is 4.90 Å². The average molecular weight is 259 g/mol. The average Bonchev–Trinajstić information content (AvgIpc) is 2.30. The van der Waals surface area contributed by atoms with Gasteiger partial charge in [-0.1, -0.05) is 20.8 Å². The lowest BCUT2D eigenvalue weighted by Gasteiger charge is -2.39. The molecule has 1 aliphatic heterocycles. The molecule has 0 aromatic heterocycles. The van der Waals surface area contributed by atoms with E-state index in [1.165, 1.54) is 0 Å². The number of nitrogens with zero attached hydrogens (tertiary/aromatic N) is 1. The van der Waals surface area contributed by atoms with Gasteiger partial charge in [0.05, 0.1) is 18.8 Å². The largest absolute Gasteiger partial charge is 0.396 e. The molecule has 5 heteroatoms. The lowest BCUT2D eigenvalue weighted by Crippen LogP contribution is -2.56. The number of carbonyl (C=O) groups excluding carboxylic acids is 1. The Labute approximate surface area is 108 Å². The Hall–Kier alpha value is -0.650. The number of rotatable bonds is 4. The van der Waals surface area contributed by atoms with Gasteiger partial charge in [-0.3, -0.25) is 4.79 Å². The molecule has 1 fully saturated rings. The Balaban J connectivity index is 2.63. The van der Waals surface area contributed by atoms with Crippen molar-refractivity contribution in [2.45, 2.75) is 39.4 Å². The van der Waals surface area contributed by atoms with Crippen molar-refractivity contribution in [3.05, 3.63) is 0 Å². The van der Waals surface area contributed by atoms with Crippen molar-refractivity contribution >= 4 is 5.91 Å². The molecule has 1 heterocycles. The van der Waals surface area contributed by atoms with E-state index in [1.807, 2.05) is 6.92 Å². The topological polar surface area (TPSA) is 81.0 Å². The fraction of sp³-hybridized carbons (Fsp3) is 0.923. The van der Waals surface area contributed by atoms with Gasteiger partial charge < -0.3 is 20.2 Å². The standard InChI is InChI=1S/C13H25NO4/c1-8(2)4-9(3)13(18)14-5-10(7-15)12(17)11(16)6-14/h8-12,15-17H,4-7H2,1-3H3/t9-,10+,11+,12+/m0/s1. The van der Waals surface area contributed by atoms with Crippen LogP contribution in [0.25, 0.3) is 0 Å². The maximum atomic E-state index is 12.2. The first-order chi connectivity index (χ1) is 8.36. The highest BCUT2D eigenvalue weighted by Crippen LogP contribution is 2.21. The molecule has 0 unspecified atom stereocenters. The number of hydrogen-bond donors (Lipinski definition) is 3. The summed E-state index contributed by atoms with van der Waals surface area (Å²) < 4.78 is 0. The highest BCUT2D eigenvalue weighted by Gasteiger charge is 2.37. The van der Waals surface area contributed by atoms with Crippen LogP contribution in [0.1, 0.15) is 27.2 Å². The van der Waals surface area contributed by atoms with Crippen LogP contribution in [0.4, 0.5) is 0 Å². The second-order valence-corrected chi connectivity index (χ2v) is 5.77. The number of hydrogen-bond acceptors (Lipinski definition) is 4. The third-order valence-corrected chi connectivity index (χ3v) is 3.53. The van der Waals surface area contributed by atoms with Crippen molar-refractivity contribution in [2.75, 3.05) is 19.7 Å². The number of aliphatic hydroxyl groups is 3. The van der Waals surface area contributed by atoms with Crippen molar-refractivity contribution < 1.29 is 20.1 Å². The van der Waals surface area contributed by atoms with Gasteiger partial charge in [0.1, 0.15) is 0 Å². The van der Waals surface area contributed by atoms with Crippen molar-refractivity contribution in [1.29, 1.82) is 0 Å². The zero-order chi connectivity index (χ0) is 13.9. The highest BCUT2D eigenvalue weighted by atomic mass is 16.3. The molecule has 0 bridgehead atoms. The van der Waals surface area contributed by atoms with E-state index in [9.17, 15) is 15.0 Å². The number of carbonyl (C=O) groups is 1. The van der Waals surface area contributed by atoms with Gasteiger partial charge in [-0.25, -0.2) is 0 Å². The summed E-state index contributed by atoms with van der Waals surface area (Å²) in [5, 5.41) is 28.5. The Morgan fingerprint density at radius 2 is 1.89 bits per heavy atom. The molecular weight excluding hydrogens is 234 g/mol. The zero-order valence-corrected chi connectivity index (χ0v) is 11.4. The van der Waals surface area contributed by atoms with E-state index < -0.39 is 18.1 Å². The summed E-state index contributed by atoms with van der Waals surface area (Å²) in [6.45, 7) is 6.26. The molecule has 0 saturated carbocycles. The van der Waals surface area contributed by atoms with Gasteiger partial charge in [-0.2, -0.15) is 0 Å². The van der Waals surface area contributed by atoms with Crippen LogP contribution >= 0.6 is 0 Å². The summed E-state index contributed by atoms with van der Waals surface area (Å²) in [6.07, 6.45) is -1.11. The Morgan fingerprint density at radius 1 is 1.28 bits per heavy atom. The molecule has 0 aliphatic carbocycles. The summed E-state index contributed by atoms with van der Waals surface area (Å²) in [5.74, 6) is -0.110. The fourth-order valence-electron chi connectivity index (χ4n) is 2.58. The number of β-amino-alcohol motifs (C(OH)–C–C–N with tert-alkyl or cyclic N) is 1. The first kappa shape index (κ1) is 15.4. The van der Waals surface area contributed by atoms with Crippen LogP contribution in [0, 0.1) is 17.8 Å². The van der Waals surface area contributed by atoms with Crippen LogP contribution in [0.2, 0.25) is 0 Å². The molecule has 106 valence electrons. The predicted molar refractivity (Wildman–Crippen MR) is 67.8 cm³/mol. The van der Waals surface area contributed by atoms with Crippen molar-refractivity contribution in [3.63, 3.8) is 0 Å². The van der Waals surface area contributed by atoms with Gasteiger partial charge in [-0.15, -0.1) is 0 Å². The highest BCUT2D eigenvalue weighted by molar-refractivity contribution is 5.78. The molecule has 1 rings (SSSR count). The van der Waals surface area contributed by atoms with E-state index >= 15 is 0 Å². The first-order valence-corrected chi connectivity index (χ1v) is 6.62. The van der Waals surface area contributed by atoms with Crippen molar-refractivity contribution in [3.8, 4) is 0 Å². The van der Waals surface area contributed by atoms with E-state index in [-0.39, 0.29) is 25.0 Å². The van der Waals surface area contributed by atoms with Crippen LogP contribution in [-0.2, 0) is 4.79 Å². The van der Waals surface area contributed by atoms with Gasteiger partial charge in [0, 0.05) is 24.9 Å². The molecule has 18 heavy (non-hydrogen) atoms. The van der Waals surface area contributed by atoms with Gasteiger partial charge >= 0.3 is 0 Å². The number of likely N-dealkylation sites (tertiary alicyclic amines) is 1. The minimum atomic E-state index is -0.967. The van der Waals surface area contributed by atoms with Crippen LogP contribution in [0.5, 0.6) is 0 Å². The molecule has 1 amide bonds. The monoisotopic (exact) mass is 259 g/mol. The smallest absolute Gasteiger partial charge is 0.225 e. The Bertz CT molecular complexity index is 282. The second-order valence-electron chi connectivity index (χ2n) is 5.77. The van der Waals surface area contributed by atoms with Gasteiger partial charge in [0.2, 0.25) is 5.91 Å². The van der Waals surface area contributed by atoms with Gasteiger partial charge in [0.25, 0.3) is 0 Å². The summed E-state index contributed by atoms with van der Waals surface area (Å²) >= 11 is 0. The van der Waals surface area contributed by atoms with E-state index in [0.717, 1.165) is 6.42 Å². The quantitative estimate of drug-likeness (QED) is 0.655. The van der Waals surface area contributed by atoms with Gasteiger partial charge in [0.15, 0.2) is 0 Å². The minimum absolute atomic E-state index is 0.00639.